The number of thiophene rings is 1. The molecule has 28 heavy (non-hydrogen) atoms. The van der Waals surface area contributed by atoms with Crippen LogP contribution in [0.15, 0.2) is 60.7 Å². The van der Waals surface area contributed by atoms with E-state index in [0.717, 1.165) is 0 Å². The number of para-hydroxylation sites is 1. The monoisotopic (exact) mass is 387 g/mol. The maximum absolute atomic E-state index is 2.36. The Morgan fingerprint density at radius 2 is 1.36 bits per heavy atom. The lowest BCUT2D eigenvalue weighted by Crippen LogP contribution is -2.12. The van der Waals surface area contributed by atoms with E-state index in [1.165, 1.54) is 42.7 Å². The fraction of sp³-hybridized carbons (Fsp3) is 0.308. The van der Waals surface area contributed by atoms with E-state index >= 15 is 0 Å². The molecule has 0 N–H and O–H groups in total. The number of anilines is 2. The third-order valence-electron chi connectivity index (χ3n) is 5.59. The first kappa shape index (κ1) is 19.0. The third kappa shape index (κ3) is 3.10. The molecule has 2 heteroatoms. The quantitative estimate of drug-likeness (QED) is 0.342. The number of rotatable bonds is 3. The zero-order valence-electron chi connectivity index (χ0n) is 17.7. The molecule has 0 aliphatic heterocycles. The van der Waals surface area contributed by atoms with Gasteiger partial charge in [0.25, 0.3) is 0 Å². The van der Waals surface area contributed by atoms with Crippen molar-refractivity contribution in [2.24, 2.45) is 0 Å². The molecule has 3 aromatic carbocycles. The van der Waals surface area contributed by atoms with Gasteiger partial charge in [-0.1, -0.05) is 83.1 Å². The molecule has 0 saturated heterocycles. The molecule has 0 fully saturated rings. The molecular formula is C26H29NS. The Balaban J connectivity index is 1.97. The highest BCUT2D eigenvalue weighted by Crippen LogP contribution is 2.45. The Bertz CT molecular complexity index is 1140. The summed E-state index contributed by atoms with van der Waals surface area (Å²) in [6.07, 6.45) is 0. The van der Waals surface area contributed by atoms with Crippen molar-refractivity contribution in [1.29, 1.82) is 0 Å². The number of nitrogens with zero attached hydrogens (tertiary/aromatic N) is 1. The van der Waals surface area contributed by atoms with Crippen molar-refractivity contribution in [2.75, 3.05) is 11.9 Å². The second-order valence-electron chi connectivity index (χ2n) is 8.96. The van der Waals surface area contributed by atoms with E-state index in [2.05, 4.69) is 107 Å². The summed E-state index contributed by atoms with van der Waals surface area (Å²) in [5, 5.41) is 2.73. The summed E-state index contributed by atoms with van der Waals surface area (Å²) in [4.78, 5) is 2.36. The van der Waals surface area contributed by atoms with Crippen LogP contribution in [0.1, 0.15) is 51.7 Å². The molecule has 0 spiro atoms. The molecule has 4 rings (SSSR count). The highest BCUT2D eigenvalue weighted by atomic mass is 32.1. The van der Waals surface area contributed by atoms with Crippen LogP contribution in [0, 0.1) is 0 Å². The van der Waals surface area contributed by atoms with Gasteiger partial charge in [0.15, 0.2) is 0 Å². The van der Waals surface area contributed by atoms with Crippen LogP contribution in [-0.4, -0.2) is 7.05 Å². The average Bonchev–Trinajstić information content (AvgIpc) is 3.05. The summed E-state index contributed by atoms with van der Waals surface area (Å²) < 4.78 is 2.79. The zero-order valence-corrected chi connectivity index (χ0v) is 18.5. The van der Waals surface area contributed by atoms with Crippen LogP contribution < -0.4 is 4.90 Å². The molecule has 1 aromatic heterocycles. The second-order valence-corrected chi connectivity index (χ2v) is 9.98. The van der Waals surface area contributed by atoms with Gasteiger partial charge in [-0.05, 0) is 34.6 Å². The number of hydrogen-bond acceptors (Lipinski definition) is 2. The number of fused-ring (bicyclic) bond motifs is 3. The lowest BCUT2D eigenvalue weighted by molar-refractivity contribution is 0.597. The molecule has 1 heterocycles. The number of hydrogen-bond donors (Lipinski definition) is 0. The van der Waals surface area contributed by atoms with Crippen LogP contribution in [0.3, 0.4) is 0 Å². The fourth-order valence-electron chi connectivity index (χ4n) is 4.07. The molecule has 0 amide bonds. The Morgan fingerprint density at radius 1 is 0.750 bits per heavy atom. The SMILES string of the molecule is CC(C)c1ccccc1N(C)c1cccc2c1sc1c(C(C)(C)C)cccc12. The van der Waals surface area contributed by atoms with Crippen LogP contribution >= 0.6 is 11.3 Å². The lowest BCUT2D eigenvalue weighted by atomic mass is 9.86. The van der Waals surface area contributed by atoms with Gasteiger partial charge in [0.1, 0.15) is 0 Å². The minimum atomic E-state index is 0.136. The van der Waals surface area contributed by atoms with Crippen LogP contribution in [0.2, 0.25) is 0 Å². The lowest BCUT2D eigenvalue weighted by Gasteiger charge is -2.24. The highest BCUT2D eigenvalue weighted by Gasteiger charge is 2.21. The molecule has 0 saturated carbocycles. The van der Waals surface area contributed by atoms with Gasteiger partial charge in [-0.3, -0.25) is 0 Å². The molecule has 4 aromatic rings. The van der Waals surface area contributed by atoms with E-state index in [9.17, 15) is 0 Å². The van der Waals surface area contributed by atoms with Gasteiger partial charge >= 0.3 is 0 Å². The average molecular weight is 388 g/mol. The van der Waals surface area contributed by atoms with Crippen molar-refractivity contribution in [2.45, 2.75) is 46.0 Å². The standard InChI is InChI=1S/C26H29NS/c1-17(2)18-11-7-8-15-22(18)27(6)23-16-10-13-20-19-12-9-14-21(26(3,4)5)24(19)28-25(20)23/h7-17H,1-6H3. The predicted molar refractivity (Wildman–Crippen MR) is 127 cm³/mol. The summed E-state index contributed by atoms with van der Waals surface area (Å²) in [6, 6.07) is 22.3. The minimum Gasteiger partial charge on any atom is -0.343 e. The van der Waals surface area contributed by atoms with Gasteiger partial charge in [0, 0.05) is 28.2 Å². The van der Waals surface area contributed by atoms with Crippen molar-refractivity contribution in [3.05, 3.63) is 71.8 Å². The molecule has 0 atom stereocenters. The van der Waals surface area contributed by atoms with E-state index < -0.39 is 0 Å². The molecule has 1 nitrogen and oxygen atoms in total. The molecule has 0 aliphatic rings. The second kappa shape index (κ2) is 6.93. The molecule has 144 valence electrons. The summed E-state index contributed by atoms with van der Waals surface area (Å²) in [5.74, 6) is 0.493. The van der Waals surface area contributed by atoms with E-state index in [1.807, 2.05) is 11.3 Å². The van der Waals surface area contributed by atoms with Crippen LogP contribution in [0.4, 0.5) is 11.4 Å². The molecular weight excluding hydrogens is 358 g/mol. The smallest absolute Gasteiger partial charge is 0.0592 e. The third-order valence-corrected chi connectivity index (χ3v) is 6.87. The largest absolute Gasteiger partial charge is 0.343 e. The van der Waals surface area contributed by atoms with Gasteiger partial charge in [0.05, 0.1) is 10.4 Å². The summed E-state index contributed by atoms with van der Waals surface area (Å²) in [5.41, 5.74) is 5.53. The molecule has 0 unspecified atom stereocenters. The first-order valence-electron chi connectivity index (χ1n) is 10.1. The van der Waals surface area contributed by atoms with E-state index in [1.54, 1.807) is 0 Å². The Morgan fingerprint density at radius 3 is 2.04 bits per heavy atom. The molecule has 0 radical (unpaired) electrons. The Hall–Kier alpha value is -2.32. The maximum atomic E-state index is 2.36. The van der Waals surface area contributed by atoms with Crippen molar-refractivity contribution in [1.82, 2.24) is 0 Å². The van der Waals surface area contributed by atoms with Gasteiger partial charge in [0.2, 0.25) is 0 Å². The molecule has 0 bridgehead atoms. The van der Waals surface area contributed by atoms with Gasteiger partial charge in [-0.2, -0.15) is 0 Å². The number of benzene rings is 3. The van der Waals surface area contributed by atoms with Crippen LogP contribution in [0.5, 0.6) is 0 Å². The fourth-order valence-corrected chi connectivity index (χ4v) is 5.64. The van der Waals surface area contributed by atoms with E-state index in [0.29, 0.717) is 5.92 Å². The summed E-state index contributed by atoms with van der Waals surface area (Å²) >= 11 is 1.94. The zero-order chi connectivity index (χ0) is 20.1. The first-order valence-corrected chi connectivity index (χ1v) is 10.9. The summed E-state index contributed by atoms with van der Waals surface area (Å²) in [7, 11) is 2.20. The maximum Gasteiger partial charge on any atom is 0.0592 e. The van der Waals surface area contributed by atoms with Crippen molar-refractivity contribution in [3.63, 3.8) is 0 Å². The minimum absolute atomic E-state index is 0.136. The Labute approximate surface area is 172 Å². The van der Waals surface area contributed by atoms with Crippen molar-refractivity contribution < 1.29 is 0 Å². The van der Waals surface area contributed by atoms with Crippen molar-refractivity contribution >= 4 is 42.9 Å². The van der Waals surface area contributed by atoms with Crippen LogP contribution in [-0.2, 0) is 5.41 Å². The van der Waals surface area contributed by atoms with E-state index in [4.69, 9.17) is 0 Å². The summed E-state index contributed by atoms with van der Waals surface area (Å²) in [6.45, 7) is 11.4. The topological polar surface area (TPSA) is 3.24 Å². The first-order chi connectivity index (χ1) is 13.3. The predicted octanol–water partition coefficient (Wildman–Crippen LogP) is 8.24. The van der Waals surface area contributed by atoms with E-state index in [-0.39, 0.29) is 5.41 Å². The van der Waals surface area contributed by atoms with Crippen molar-refractivity contribution in [3.8, 4) is 0 Å². The van der Waals surface area contributed by atoms with Gasteiger partial charge < -0.3 is 4.90 Å². The highest BCUT2D eigenvalue weighted by molar-refractivity contribution is 7.26. The van der Waals surface area contributed by atoms with Crippen LogP contribution in [0.25, 0.3) is 20.2 Å². The molecule has 0 aliphatic carbocycles. The Kier molecular flexibility index (Phi) is 4.71. The normalized spacial score (nSPS) is 12.2. The van der Waals surface area contributed by atoms with Gasteiger partial charge in [-0.15, -0.1) is 11.3 Å². The van der Waals surface area contributed by atoms with Gasteiger partial charge in [-0.25, -0.2) is 0 Å².